The van der Waals surface area contributed by atoms with Crippen LogP contribution in [-0.4, -0.2) is 60.6 Å². The molecule has 4 nitrogen and oxygen atoms in total. The van der Waals surface area contributed by atoms with Crippen molar-refractivity contribution >= 4 is 17.7 Å². The van der Waals surface area contributed by atoms with E-state index in [4.69, 9.17) is 0 Å². The molecule has 2 N–H and O–H groups in total. The van der Waals surface area contributed by atoms with Gasteiger partial charge in [0.2, 0.25) is 5.91 Å². The Morgan fingerprint density at radius 1 is 1.26 bits per heavy atom. The zero-order chi connectivity index (χ0) is 13.1. The lowest BCUT2D eigenvalue weighted by atomic mass is 9.93. The highest BCUT2D eigenvalue weighted by molar-refractivity contribution is 7.99. The first-order chi connectivity index (χ1) is 9.30. The quantitative estimate of drug-likeness (QED) is 0.796. The van der Waals surface area contributed by atoms with Crippen LogP contribution >= 0.6 is 11.8 Å². The first-order valence-electron chi connectivity index (χ1n) is 7.61. The molecule has 2 saturated heterocycles. The first kappa shape index (κ1) is 13.7. The van der Waals surface area contributed by atoms with Crippen molar-refractivity contribution in [3.63, 3.8) is 0 Å². The van der Waals surface area contributed by atoms with E-state index in [-0.39, 0.29) is 17.4 Å². The number of hydrogen-bond acceptors (Lipinski definition) is 4. The smallest absolute Gasteiger partial charge is 0.225 e. The summed E-state index contributed by atoms with van der Waals surface area (Å²) >= 11 is 2.06. The summed E-state index contributed by atoms with van der Waals surface area (Å²) in [5.74, 6) is 2.98. The number of hydrogen-bond donors (Lipinski definition) is 2. The van der Waals surface area contributed by atoms with Crippen LogP contribution in [0.2, 0.25) is 0 Å². The summed E-state index contributed by atoms with van der Waals surface area (Å²) in [6.45, 7) is 4.99. The standard InChI is InChI=1S/C14H25N3OS/c18-13(12-9-15-10-12)16-11-14(3-1-2-4-14)17-5-7-19-8-6-17/h12,15H,1-11H2,(H,16,18). The molecule has 0 unspecified atom stereocenters. The number of rotatable bonds is 4. The Morgan fingerprint density at radius 2 is 1.95 bits per heavy atom. The van der Waals surface area contributed by atoms with Crippen LogP contribution in [-0.2, 0) is 4.79 Å². The van der Waals surface area contributed by atoms with Crippen molar-refractivity contribution < 1.29 is 4.79 Å². The van der Waals surface area contributed by atoms with Crippen molar-refractivity contribution in [1.82, 2.24) is 15.5 Å². The highest BCUT2D eigenvalue weighted by Gasteiger charge is 2.40. The van der Waals surface area contributed by atoms with Crippen molar-refractivity contribution in [3.8, 4) is 0 Å². The molecule has 0 spiro atoms. The van der Waals surface area contributed by atoms with Crippen LogP contribution in [0.3, 0.4) is 0 Å². The summed E-state index contributed by atoms with van der Waals surface area (Å²) in [4.78, 5) is 14.7. The van der Waals surface area contributed by atoms with Crippen molar-refractivity contribution in [2.24, 2.45) is 5.92 Å². The topological polar surface area (TPSA) is 44.4 Å². The maximum absolute atomic E-state index is 12.0. The average molecular weight is 283 g/mol. The summed E-state index contributed by atoms with van der Waals surface area (Å²) in [6, 6.07) is 0. The highest BCUT2D eigenvalue weighted by atomic mass is 32.2. The fourth-order valence-electron chi connectivity index (χ4n) is 3.55. The Bertz CT molecular complexity index is 321. The second-order valence-corrected chi connectivity index (χ2v) is 7.33. The fourth-order valence-corrected chi connectivity index (χ4v) is 4.45. The second kappa shape index (κ2) is 6.02. The van der Waals surface area contributed by atoms with Gasteiger partial charge < -0.3 is 10.6 Å². The molecule has 3 fully saturated rings. The molecule has 3 aliphatic rings. The molecule has 0 radical (unpaired) electrons. The molecule has 2 aliphatic heterocycles. The Morgan fingerprint density at radius 3 is 2.53 bits per heavy atom. The minimum absolute atomic E-state index is 0.218. The van der Waals surface area contributed by atoms with Crippen LogP contribution in [0.25, 0.3) is 0 Å². The van der Waals surface area contributed by atoms with Gasteiger partial charge in [0, 0.05) is 49.8 Å². The third kappa shape index (κ3) is 2.93. The van der Waals surface area contributed by atoms with Gasteiger partial charge in [-0.15, -0.1) is 0 Å². The van der Waals surface area contributed by atoms with Crippen LogP contribution in [0.15, 0.2) is 0 Å². The maximum Gasteiger partial charge on any atom is 0.225 e. The minimum Gasteiger partial charge on any atom is -0.354 e. The molecule has 0 aromatic heterocycles. The SMILES string of the molecule is O=C(NCC1(N2CCSCC2)CCCC1)C1CNC1. The van der Waals surface area contributed by atoms with Crippen LogP contribution in [0.1, 0.15) is 25.7 Å². The Labute approximate surface area is 120 Å². The molecule has 19 heavy (non-hydrogen) atoms. The third-order valence-electron chi connectivity index (χ3n) is 4.96. The van der Waals surface area contributed by atoms with E-state index in [2.05, 4.69) is 27.3 Å². The Kier molecular flexibility index (Phi) is 4.34. The van der Waals surface area contributed by atoms with Gasteiger partial charge >= 0.3 is 0 Å². The number of carbonyl (C=O) groups excluding carboxylic acids is 1. The molecule has 1 amide bonds. The largest absolute Gasteiger partial charge is 0.354 e. The van der Waals surface area contributed by atoms with E-state index in [1.807, 2.05) is 0 Å². The van der Waals surface area contributed by atoms with Gasteiger partial charge in [-0.05, 0) is 12.8 Å². The summed E-state index contributed by atoms with van der Waals surface area (Å²) in [5.41, 5.74) is 0.272. The predicted molar refractivity (Wildman–Crippen MR) is 79.5 cm³/mol. The van der Waals surface area contributed by atoms with Gasteiger partial charge in [-0.2, -0.15) is 11.8 Å². The van der Waals surface area contributed by atoms with Gasteiger partial charge in [0.05, 0.1) is 5.92 Å². The molecule has 1 saturated carbocycles. The fraction of sp³-hybridized carbons (Fsp3) is 0.929. The maximum atomic E-state index is 12.0. The van der Waals surface area contributed by atoms with E-state index in [9.17, 15) is 4.79 Å². The molecule has 5 heteroatoms. The van der Waals surface area contributed by atoms with E-state index < -0.39 is 0 Å². The van der Waals surface area contributed by atoms with E-state index in [1.165, 1.54) is 50.3 Å². The summed E-state index contributed by atoms with van der Waals surface area (Å²) < 4.78 is 0. The van der Waals surface area contributed by atoms with Crippen molar-refractivity contribution in [1.29, 1.82) is 0 Å². The van der Waals surface area contributed by atoms with Gasteiger partial charge in [0.1, 0.15) is 0 Å². The van der Waals surface area contributed by atoms with Crippen LogP contribution in [0, 0.1) is 5.92 Å². The molecule has 0 aromatic carbocycles. The van der Waals surface area contributed by atoms with Crippen molar-refractivity contribution in [3.05, 3.63) is 0 Å². The van der Waals surface area contributed by atoms with Gasteiger partial charge in [-0.1, -0.05) is 12.8 Å². The van der Waals surface area contributed by atoms with Gasteiger partial charge in [0.25, 0.3) is 0 Å². The molecule has 0 bridgehead atoms. The number of nitrogens with zero attached hydrogens (tertiary/aromatic N) is 1. The Hall–Kier alpha value is -0.260. The van der Waals surface area contributed by atoms with E-state index in [1.54, 1.807) is 0 Å². The van der Waals surface area contributed by atoms with Crippen LogP contribution in [0.5, 0.6) is 0 Å². The van der Waals surface area contributed by atoms with Crippen LogP contribution < -0.4 is 10.6 Å². The number of carbonyl (C=O) groups is 1. The average Bonchev–Trinajstić information content (AvgIpc) is 2.85. The monoisotopic (exact) mass is 283 g/mol. The zero-order valence-electron chi connectivity index (χ0n) is 11.6. The molecule has 1 aliphatic carbocycles. The van der Waals surface area contributed by atoms with Gasteiger partial charge in [-0.3, -0.25) is 9.69 Å². The first-order valence-corrected chi connectivity index (χ1v) is 8.77. The van der Waals surface area contributed by atoms with Crippen molar-refractivity contribution in [2.45, 2.75) is 31.2 Å². The second-order valence-electron chi connectivity index (χ2n) is 6.10. The molecular formula is C14H25N3OS. The number of thioether (sulfide) groups is 1. The third-order valence-corrected chi connectivity index (χ3v) is 5.90. The van der Waals surface area contributed by atoms with E-state index in [0.717, 1.165) is 19.6 Å². The molecule has 108 valence electrons. The normalized spacial score (nSPS) is 28.0. The van der Waals surface area contributed by atoms with E-state index in [0.29, 0.717) is 0 Å². The highest BCUT2D eigenvalue weighted by Crippen LogP contribution is 2.36. The number of nitrogens with one attached hydrogen (secondary N) is 2. The molecule has 2 heterocycles. The summed E-state index contributed by atoms with van der Waals surface area (Å²) in [7, 11) is 0. The molecule has 3 rings (SSSR count). The van der Waals surface area contributed by atoms with Crippen LogP contribution in [0.4, 0.5) is 0 Å². The number of amides is 1. The molecule has 0 atom stereocenters. The van der Waals surface area contributed by atoms with E-state index >= 15 is 0 Å². The van der Waals surface area contributed by atoms with Gasteiger partial charge in [0.15, 0.2) is 0 Å². The lowest BCUT2D eigenvalue weighted by Gasteiger charge is -2.44. The summed E-state index contributed by atoms with van der Waals surface area (Å²) in [6.07, 6.45) is 5.18. The molecule has 0 aromatic rings. The predicted octanol–water partition coefficient (Wildman–Crippen LogP) is 0.684. The zero-order valence-corrected chi connectivity index (χ0v) is 12.4. The van der Waals surface area contributed by atoms with Crippen molar-refractivity contribution in [2.75, 3.05) is 44.2 Å². The lowest BCUT2D eigenvalue weighted by molar-refractivity contribution is -0.127. The molecular weight excluding hydrogens is 258 g/mol. The minimum atomic E-state index is 0.218. The lowest BCUT2D eigenvalue weighted by Crippen LogP contribution is -2.59. The van der Waals surface area contributed by atoms with Gasteiger partial charge in [-0.25, -0.2) is 0 Å². The Balaban J connectivity index is 1.58. The summed E-state index contributed by atoms with van der Waals surface area (Å²) in [5, 5.41) is 6.41.